The van der Waals surface area contributed by atoms with Crippen molar-refractivity contribution in [3.05, 3.63) is 0 Å². The smallest absolute Gasteiger partial charge is 0.550 e. The fraction of sp³-hybridized carbons (Fsp3) is 0.500. The van der Waals surface area contributed by atoms with Crippen LogP contribution in [-0.4, -0.2) is 60.8 Å². The molecule has 0 aromatic carbocycles. The summed E-state index contributed by atoms with van der Waals surface area (Å²) >= 11 is 0. The van der Waals surface area contributed by atoms with Crippen LogP contribution in [0.4, 0.5) is 0 Å². The average Bonchev–Trinajstić information content (AvgIpc) is 1.82. The molecule has 0 atom stereocenters. The molecule has 0 aliphatic carbocycles. The van der Waals surface area contributed by atoms with Crippen molar-refractivity contribution in [3.63, 3.8) is 0 Å². The first kappa shape index (κ1) is 18.5. The van der Waals surface area contributed by atoms with Crippen LogP contribution in [0.25, 0.3) is 0 Å². The summed E-state index contributed by atoms with van der Waals surface area (Å²) in [4.78, 5) is 28.0. The number of carboxylic acids is 3. The van der Waals surface area contributed by atoms with Crippen LogP contribution >= 0.6 is 0 Å². The summed E-state index contributed by atoms with van der Waals surface area (Å²) in [5.74, 6) is -3.57. The zero-order chi connectivity index (χ0) is 10.1. The van der Waals surface area contributed by atoms with E-state index in [1.807, 2.05) is 0 Å². The summed E-state index contributed by atoms with van der Waals surface area (Å²) in [6.45, 7) is 1.08. The van der Waals surface area contributed by atoms with Gasteiger partial charge in [0, 0.05) is 18.9 Å². The van der Waals surface area contributed by atoms with E-state index in [9.17, 15) is 19.8 Å². The van der Waals surface area contributed by atoms with E-state index in [4.69, 9.17) is 9.90 Å². The molecule has 0 aliphatic heterocycles. The summed E-state index contributed by atoms with van der Waals surface area (Å²) in [5.41, 5.74) is 0. The van der Waals surface area contributed by atoms with Crippen LogP contribution in [0.3, 0.4) is 0 Å². The minimum atomic E-state index is -1.37. The van der Waals surface area contributed by atoms with Gasteiger partial charge in [0.1, 0.15) is 0 Å². The molecular weight excluding hydrogens is 208 g/mol. The number of rotatable bonds is 3. The van der Waals surface area contributed by atoms with Gasteiger partial charge >= 0.3 is 37.7 Å². The third kappa shape index (κ3) is 50.0. The Hall–Kier alpha value is -0.330. The first-order valence-corrected chi connectivity index (χ1v) is 2.95. The predicted octanol–water partition coefficient (Wildman–Crippen LogP) is -3.02. The van der Waals surface area contributed by atoms with Gasteiger partial charge in [-0.2, -0.15) is 0 Å². The van der Waals surface area contributed by atoms with Crippen LogP contribution in [0.15, 0.2) is 0 Å². The van der Waals surface area contributed by atoms with Crippen molar-refractivity contribution in [1.29, 1.82) is 0 Å². The molecule has 70 valence electrons. The van der Waals surface area contributed by atoms with Gasteiger partial charge < -0.3 is 24.9 Å². The third-order valence-electron chi connectivity index (χ3n) is 0.533. The summed E-state index contributed by atoms with van der Waals surface area (Å²) < 4.78 is 0. The number of aliphatic carboxylic acids is 3. The first-order valence-electron chi connectivity index (χ1n) is 2.95. The molecule has 0 aromatic rings. The Bertz CT molecular complexity index is 160. The Morgan fingerprint density at radius 2 is 1.23 bits per heavy atom. The van der Waals surface area contributed by atoms with E-state index in [0.29, 0.717) is 0 Å². The molecular formula is C6H8CaO6. The van der Waals surface area contributed by atoms with Crippen molar-refractivity contribution < 1.29 is 29.7 Å². The molecule has 6 nitrogen and oxygen atoms in total. The topological polar surface area (TPSA) is 118 Å². The van der Waals surface area contributed by atoms with Crippen molar-refractivity contribution in [3.8, 4) is 0 Å². The molecule has 0 fully saturated rings. The van der Waals surface area contributed by atoms with Crippen LogP contribution in [-0.2, 0) is 14.4 Å². The second-order valence-corrected chi connectivity index (χ2v) is 1.76. The van der Waals surface area contributed by atoms with Crippen LogP contribution < -0.4 is 10.2 Å². The van der Waals surface area contributed by atoms with Crippen molar-refractivity contribution in [2.75, 3.05) is 0 Å². The van der Waals surface area contributed by atoms with E-state index in [-0.39, 0.29) is 37.7 Å². The monoisotopic (exact) mass is 216 g/mol. The van der Waals surface area contributed by atoms with Gasteiger partial charge in [0.25, 0.3) is 5.97 Å². The minimum Gasteiger partial charge on any atom is -0.550 e. The number of hydrogen-bond donors (Lipinski definition) is 1. The molecule has 0 spiro atoms. The molecule has 1 N–H and O–H groups in total. The van der Waals surface area contributed by atoms with Gasteiger partial charge in [-0.25, -0.2) is 0 Å². The van der Waals surface area contributed by atoms with E-state index in [0.717, 1.165) is 6.92 Å². The minimum absolute atomic E-state index is 0. The number of carbonyl (C=O) groups excluding carboxylic acids is 2. The van der Waals surface area contributed by atoms with Gasteiger partial charge in [-0.3, -0.25) is 4.79 Å². The Balaban J connectivity index is -0.000000173. The molecule has 0 radical (unpaired) electrons. The molecule has 0 heterocycles. The van der Waals surface area contributed by atoms with Crippen LogP contribution in [0.1, 0.15) is 19.8 Å². The van der Waals surface area contributed by atoms with E-state index < -0.39 is 30.7 Å². The fourth-order valence-electron chi connectivity index (χ4n) is 0.204. The Kier molecular flexibility index (Phi) is 16.6. The third-order valence-corrected chi connectivity index (χ3v) is 0.533. The van der Waals surface area contributed by atoms with Crippen molar-refractivity contribution in [2.24, 2.45) is 0 Å². The van der Waals surface area contributed by atoms with Crippen molar-refractivity contribution in [2.45, 2.75) is 19.8 Å². The van der Waals surface area contributed by atoms with E-state index in [1.54, 1.807) is 0 Å². The maximum atomic E-state index is 9.50. The second-order valence-electron chi connectivity index (χ2n) is 1.76. The predicted molar refractivity (Wildman–Crippen MR) is 38.3 cm³/mol. The largest absolute Gasteiger partial charge is 2.00 e. The zero-order valence-corrected chi connectivity index (χ0v) is 9.32. The van der Waals surface area contributed by atoms with Crippen molar-refractivity contribution in [1.82, 2.24) is 0 Å². The molecule has 13 heavy (non-hydrogen) atoms. The Morgan fingerprint density at radius 1 is 1.08 bits per heavy atom. The normalized spacial score (nSPS) is 7.15. The molecule has 0 saturated heterocycles. The molecule has 0 saturated carbocycles. The molecule has 0 aliphatic rings. The fourth-order valence-corrected chi connectivity index (χ4v) is 0.204. The molecule has 0 unspecified atom stereocenters. The van der Waals surface area contributed by atoms with Crippen LogP contribution in [0, 0.1) is 0 Å². The number of carboxylic acid groups (broad SMARTS) is 3. The summed E-state index contributed by atoms with van der Waals surface area (Å²) in [6, 6.07) is 0. The van der Waals surface area contributed by atoms with Gasteiger partial charge in [-0.15, -0.1) is 0 Å². The maximum absolute atomic E-state index is 9.50. The molecule has 0 bridgehead atoms. The summed E-state index contributed by atoms with van der Waals surface area (Å²) in [7, 11) is 0. The van der Waals surface area contributed by atoms with E-state index >= 15 is 0 Å². The molecule has 0 amide bonds. The Labute approximate surface area is 105 Å². The van der Waals surface area contributed by atoms with Gasteiger partial charge in [0.15, 0.2) is 0 Å². The van der Waals surface area contributed by atoms with Crippen LogP contribution in [0.5, 0.6) is 0 Å². The first-order chi connectivity index (χ1) is 5.36. The second kappa shape index (κ2) is 11.7. The maximum Gasteiger partial charge on any atom is 2.00 e. The standard InChI is InChI=1S/C4H6O4.C2H4O2.Ca/c5-3(6)1-2-4(7)8;1-2(3)4;/h1-2H2,(H,5,6)(H,7,8);1H3,(H,3,4);/q;;+2/p-2. The van der Waals surface area contributed by atoms with Gasteiger partial charge in [0.05, 0.1) is 0 Å². The van der Waals surface area contributed by atoms with E-state index in [1.165, 1.54) is 0 Å². The quantitative estimate of drug-likeness (QED) is 0.501. The van der Waals surface area contributed by atoms with Crippen LogP contribution in [0.2, 0.25) is 0 Å². The van der Waals surface area contributed by atoms with Gasteiger partial charge in [0.2, 0.25) is 0 Å². The Morgan fingerprint density at radius 3 is 1.31 bits per heavy atom. The van der Waals surface area contributed by atoms with Crippen molar-refractivity contribution >= 4 is 55.6 Å². The van der Waals surface area contributed by atoms with E-state index in [2.05, 4.69) is 0 Å². The zero-order valence-electron chi connectivity index (χ0n) is 7.11. The van der Waals surface area contributed by atoms with Gasteiger partial charge in [-0.1, -0.05) is 0 Å². The number of carbonyl (C=O) groups is 3. The average molecular weight is 216 g/mol. The number of hydrogen-bond acceptors (Lipinski definition) is 5. The summed E-state index contributed by atoms with van der Waals surface area (Å²) in [6.07, 6.45) is -0.940. The SMILES string of the molecule is CC(=O)O.O=C([O-])CCC(=O)[O-].[Ca+2]. The van der Waals surface area contributed by atoms with Gasteiger partial charge in [-0.05, 0) is 12.8 Å². The molecule has 7 heteroatoms. The summed E-state index contributed by atoms with van der Waals surface area (Å²) in [5, 5.41) is 26.4. The molecule has 0 rings (SSSR count). The molecule has 0 aromatic heterocycles.